The highest BCUT2D eigenvalue weighted by molar-refractivity contribution is 8.12. The smallest absolute Gasteiger partial charge is 0.0887 e. The maximum absolute atomic E-state index is 6.34. The van der Waals surface area contributed by atoms with Gasteiger partial charge in [0.05, 0.1) is 5.04 Å². The van der Waals surface area contributed by atoms with Gasteiger partial charge in [0.15, 0.2) is 0 Å². The van der Waals surface area contributed by atoms with E-state index in [2.05, 4.69) is 9.51 Å². The van der Waals surface area contributed by atoms with Crippen LogP contribution >= 0.6 is 11.9 Å². The second kappa shape index (κ2) is 3.80. The molecular formula is C3H7N3S. The van der Waals surface area contributed by atoms with E-state index in [0.717, 1.165) is 17.0 Å². The number of rotatable bonds is 1. The number of nitrogens with one attached hydrogen (secondary N) is 1. The van der Waals surface area contributed by atoms with Gasteiger partial charge >= 0.3 is 0 Å². The Hall–Kier alpha value is -0.380. The first-order chi connectivity index (χ1) is 3.31. The molecule has 0 aromatic rings. The SMILES string of the molecule is C/N=C(/C)SN=N. The van der Waals surface area contributed by atoms with Crippen molar-refractivity contribution in [3.8, 4) is 0 Å². The van der Waals surface area contributed by atoms with Crippen LogP contribution in [0.4, 0.5) is 0 Å². The van der Waals surface area contributed by atoms with E-state index in [1.165, 1.54) is 0 Å². The van der Waals surface area contributed by atoms with Crippen LogP contribution in [0.2, 0.25) is 0 Å². The van der Waals surface area contributed by atoms with Crippen molar-refractivity contribution in [3.63, 3.8) is 0 Å². The summed E-state index contributed by atoms with van der Waals surface area (Å²) in [5.41, 5.74) is 6.34. The summed E-state index contributed by atoms with van der Waals surface area (Å²) < 4.78 is 3.04. The van der Waals surface area contributed by atoms with Gasteiger partial charge in [-0.25, -0.2) is 0 Å². The van der Waals surface area contributed by atoms with Crippen molar-refractivity contribution in [3.05, 3.63) is 0 Å². The third-order valence-corrected chi connectivity index (χ3v) is 1.03. The second-order valence-corrected chi connectivity index (χ2v) is 1.88. The molecule has 0 bridgehead atoms. The zero-order valence-corrected chi connectivity index (χ0v) is 5.12. The van der Waals surface area contributed by atoms with Crippen LogP contribution in [0.1, 0.15) is 6.92 Å². The van der Waals surface area contributed by atoms with E-state index < -0.39 is 0 Å². The standard InChI is InChI=1S/C3H7N3S/c1-3(5-2)7-6-4/h4H,1-2H3/b5-3-,6-4?. The lowest BCUT2D eigenvalue weighted by Gasteiger charge is -1.82. The summed E-state index contributed by atoms with van der Waals surface area (Å²) >= 11 is 1.07. The number of hydrogen-bond acceptors (Lipinski definition) is 4. The number of hydrogen-bond donors (Lipinski definition) is 1. The summed E-state index contributed by atoms with van der Waals surface area (Å²) in [6.07, 6.45) is 0. The van der Waals surface area contributed by atoms with Crippen molar-refractivity contribution in [2.75, 3.05) is 7.05 Å². The Morgan fingerprint density at radius 1 is 1.71 bits per heavy atom. The third kappa shape index (κ3) is 3.45. The fourth-order valence-corrected chi connectivity index (χ4v) is 0.321. The summed E-state index contributed by atoms with van der Waals surface area (Å²) in [6, 6.07) is 0. The molecule has 0 aromatic heterocycles. The Bertz CT molecular complexity index is 88.2. The molecule has 0 aliphatic rings. The molecule has 3 nitrogen and oxygen atoms in total. The Labute approximate surface area is 46.9 Å². The van der Waals surface area contributed by atoms with Gasteiger partial charge < -0.3 is 0 Å². The zero-order valence-electron chi connectivity index (χ0n) is 4.30. The summed E-state index contributed by atoms with van der Waals surface area (Å²) in [7, 11) is 1.67. The molecule has 0 rings (SSSR count). The molecule has 40 valence electrons. The van der Waals surface area contributed by atoms with Crippen LogP contribution in [0.25, 0.3) is 0 Å². The van der Waals surface area contributed by atoms with Gasteiger partial charge in [0.2, 0.25) is 0 Å². The lowest BCUT2D eigenvalue weighted by Crippen LogP contribution is -1.75. The van der Waals surface area contributed by atoms with E-state index in [0.29, 0.717) is 0 Å². The fraction of sp³-hybridized carbons (Fsp3) is 0.667. The Balaban J connectivity index is 3.36. The zero-order chi connectivity index (χ0) is 5.70. The van der Waals surface area contributed by atoms with Crippen LogP contribution in [-0.4, -0.2) is 12.1 Å². The van der Waals surface area contributed by atoms with Crippen LogP contribution in [0, 0.1) is 5.53 Å². The molecule has 1 N–H and O–H groups in total. The Morgan fingerprint density at radius 2 is 2.29 bits per heavy atom. The van der Waals surface area contributed by atoms with E-state index in [1.807, 2.05) is 6.92 Å². The summed E-state index contributed by atoms with van der Waals surface area (Å²) in [6.45, 7) is 1.81. The minimum atomic E-state index is 0.815. The first-order valence-electron chi connectivity index (χ1n) is 1.78. The van der Waals surface area contributed by atoms with Crippen LogP contribution in [-0.2, 0) is 0 Å². The average molecular weight is 117 g/mol. The minimum absolute atomic E-state index is 0.815. The summed E-state index contributed by atoms with van der Waals surface area (Å²) in [5, 5.41) is 0.815. The van der Waals surface area contributed by atoms with Crippen LogP contribution in [0.3, 0.4) is 0 Å². The van der Waals surface area contributed by atoms with Gasteiger partial charge in [-0.15, -0.1) is 4.52 Å². The monoisotopic (exact) mass is 117 g/mol. The third-order valence-electron chi connectivity index (χ3n) is 0.493. The highest BCUT2D eigenvalue weighted by Crippen LogP contribution is 2.01. The topological polar surface area (TPSA) is 48.6 Å². The average Bonchev–Trinajstić information content (AvgIpc) is 1.68. The molecule has 0 heterocycles. The molecule has 0 fully saturated rings. The lowest BCUT2D eigenvalue weighted by atomic mass is 10.9. The van der Waals surface area contributed by atoms with E-state index in [4.69, 9.17) is 5.53 Å². The van der Waals surface area contributed by atoms with Crippen LogP contribution in [0.15, 0.2) is 9.51 Å². The summed E-state index contributed by atoms with van der Waals surface area (Å²) in [5.74, 6) is 0. The van der Waals surface area contributed by atoms with Crippen molar-refractivity contribution in [2.45, 2.75) is 6.92 Å². The first-order valence-corrected chi connectivity index (χ1v) is 2.55. The van der Waals surface area contributed by atoms with Gasteiger partial charge in [-0.3, -0.25) is 4.99 Å². The molecule has 7 heavy (non-hydrogen) atoms. The molecule has 0 aliphatic carbocycles. The Morgan fingerprint density at radius 3 is 2.43 bits per heavy atom. The predicted molar refractivity (Wildman–Crippen MR) is 31.8 cm³/mol. The minimum Gasteiger partial charge on any atom is -0.285 e. The number of aliphatic imine (C=N–C) groups is 1. The van der Waals surface area contributed by atoms with E-state index in [9.17, 15) is 0 Å². The largest absolute Gasteiger partial charge is 0.285 e. The molecule has 0 unspecified atom stereocenters. The van der Waals surface area contributed by atoms with Crippen molar-refractivity contribution >= 4 is 17.0 Å². The molecule has 4 heteroatoms. The van der Waals surface area contributed by atoms with Gasteiger partial charge in [-0.1, -0.05) is 0 Å². The fourth-order valence-electron chi connectivity index (χ4n) is 0.107. The highest BCUT2D eigenvalue weighted by atomic mass is 32.2. The van der Waals surface area contributed by atoms with Gasteiger partial charge in [-0.05, 0) is 6.92 Å². The summed E-state index contributed by atoms with van der Waals surface area (Å²) in [4.78, 5) is 3.74. The normalized spacial score (nSPS) is 11.4. The molecular weight excluding hydrogens is 110 g/mol. The molecule has 0 atom stereocenters. The van der Waals surface area contributed by atoms with E-state index in [1.54, 1.807) is 7.05 Å². The molecule has 0 radical (unpaired) electrons. The molecule has 0 amide bonds. The molecule has 0 aromatic carbocycles. The first kappa shape index (κ1) is 6.62. The molecule has 0 spiro atoms. The number of nitrogens with zero attached hydrogens (tertiary/aromatic N) is 2. The van der Waals surface area contributed by atoms with E-state index in [-0.39, 0.29) is 0 Å². The van der Waals surface area contributed by atoms with Crippen LogP contribution in [0.5, 0.6) is 0 Å². The molecule has 0 saturated heterocycles. The van der Waals surface area contributed by atoms with Gasteiger partial charge in [0, 0.05) is 19.0 Å². The van der Waals surface area contributed by atoms with Crippen molar-refractivity contribution < 1.29 is 0 Å². The quantitative estimate of drug-likeness (QED) is 0.242. The van der Waals surface area contributed by atoms with Crippen molar-refractivity contribution in [2.24, 2.45) is 9.51 Å². The second-order valence-electron chi connectivity index (χ2n) is 0.925. The van der Waals surface area contributed by atoms with Gasteiger partial charge in [0.1, 0.15) is 0 Å². The predicted octanol–water partition coefficient (Wildman–Crippen LogP) is 1.71. The molecule has 0 aliphatic heterocycles. The lowest BCUT2D eigenvalue weighted by molar-refractivity contribution is 1.26. The van der Waals surface area contributed by atoms with Gasteiger partial charge in [-0.2, -0.15) is 5.53 Å². The highest BCUT2D eigenvalue weighted by Gasteiger charge is 1.82. The van der Waals surface area contributed by atoms with Gasteiger partial charge in [0.25, 0.3) is 0 Å². The maximum atomic E-state index is 6.34. The maximum Gasteiger partial charge on any atom is 0.0887 e. The Kier molecular flexibility index (Phi) is 3.59. The van der Waals surface area contributed by atoms with E-state index >= 15 is 0 Å². The van der Waals surface area contributed by atoms with Crippen LogP contribution < -0.4 is 0 Å². The van der Waals surface area contributed by atoms with Crippen molar-refractivity contribution in [1.29, 1.82) is 5.53 Å². The molecule has 0 saturated carbocycles. The van der Waals surface area contributed by atoms with Crippen molar-refractivity contribution in [1.82, 2.24) is 0 Å².